The van der Waals surface area contributed by atoms with Gasteiger partial charge in [0.25, 0.3) is 0 Å². The maximum Gasteiger partial charge on any atom is 0.0610 e. The van der Waals surface area contributed by atoms with E-state index in [0.717, 1.165) is 38.4 Å². The number of aliphatic hydroxyl groups excluding tert-OH is 1. The SMILES string of the molecule is CCNC(C)(CO)CCCN(CC)CC(CC)CC. The average Bonchev–Trinajstić information content (AvgIpc) is 2.43. The maximum atomic E-state index is 9.48. The van der Waals surface area contributed by atoms with Gasteiger partial charge in [0.1, 0.15) is 0 Å². The van der Waals surface area contributed by atoms with Gasteiger partial charge in [0.2, 0.25) is 0 Å². The van der Waals surface area contributed by atoms with Crippen molar-refractivity contribution in [1.29, 1.82) is 0 Å². The van der Waals surface area contributed by atoms with Crippen LogP contribution in [0.2, 0.25) is 0 Å². The fourth-order valence-electron chi connectivity index (χ4n) is 2.63. The fourth-order valence-corrected chi connectivity index (χ4v) is 2.63. The molecule has 0 saturated heterocycles. The second-order valence-corrected chi connectivity index (χ2v) is 5.93. The third-order valence-electron chi connectivity index (χ3n) is 4.27. The van der Waals surface area contributed by atoms with Crippen LogP contribution >= 0.6 is 0 Å². The predicted molar refractivity (Wildman–Crippen MR) is 84.6 cm³/mol. The van der Waals surface area contributed by atoms with Gasteiger partial charge in [0, 0.05) is 12.1 Å². The first-order valence-electron chi connectivity index (χ1n) is 8.13. The van der Waals surface area contributed by atoms with E-state index in [4.69, 9.17) is 0 Å². The Hall–Kier alpha value is -0.120. The molecule has 0 fully saturated rings. The lowest BCUT2D eigenvalue weighted by molar-refractivity contribution is 0.155. The highest BCUT2D eigenvalue weighted by Gasteiger charge is 2.21. The maximum absolute atomic E-state index is 9.48. The molecule has 0 aliphatic carbocycles. The van der Waals surface area contributed by atoms with Gasteiger partial charge < -0.3 is 15.3 Å². The summed E-state index contributed by atoms with van der Waals surface area (Å²) in [5.41, 5.74) is -0.108. The smallest absolute Gasteiger partial charge is 0.0610 e. The van der Waals surface area contributed by atoms with Crippen LogP contribution in [0.25, 0.3) is 0 Å². The molecule has 0 rings (SSSR count). The van der Waals surface area contributed by atoms with E-state index in [0.29, 0.717) is 0 Å². The summed E-state index contributed by atoms with van der Waals surface area (Å²) < 4.78 is 0. The van der Waals surface area contributed by atoms with Gasteiger partial charge in [-0.25, -0.2) is 0 Å². The van der Waals surface area contributed by atoms with Crippen LogP contribution in [-0.4, -0.2) is 48.3 Å². The quantitative estimate of drug-likeness (QED) is 0.573. The summed E-state index contributed by atoms with van der Waals surface area (Å²) in [5, 5.41) is 12.9. The summed E-state index contributed by atoms with van der Waals surface area (Å²) in [6.45, 7) is 15.7. The summed E-state index contributed by atoms with van der Waals surface area (Å²) in [4.78, 5) is 2.56. The Labute approximate surface area is 120 Å². The summed E-state index contributed by atoms with van der Waals surface area (Å²) in [5.74, 6) is 0.831. The van der Waals surface area contributed by atoms with Gasteiger partial charge in [-0.05, 0) is 45.3 Å². The van der Waals surface area contributed by atoms with Gasteiger partial charge in [-0.1, -0.05) is 40.5 Å². The molecule has 0 aliphatic heterocycles. The zero-order chi connectivity index (χ0) is 14.7. The van der Waals surface area contributed by atoms with Crippen molar-refractivity contribution >= 4 is 0 Å². The second kappa shape index (κ2) is 10.6. The molecule has 0 radical (unpaired) electrons. The van der Waals surface area contributed by atoms with E-state index >= 15 is 0 Å². The summed E-state index contributed by atoms with van der Waals surface area (Å²) >= 11 is 0. The Kier molecular flexibility index (Phi) is 10.6. The highest BCUT2D eigenvalue weighted by atomic mass is 16.3. The van der Waals surface area contributed by atoms with Crippen molar-refractivity contribution in [3.63, 3.8) is 0 Å². The summed E-state index contributed by atoms with van der Waals surface area (Å²) in [7, 11) is 0. The Morgan fingerprint density at radius 1 is 1.16 bits per heavy atom. The molecule has 3 nitrogen and oxygen atoms in total. The zero-order valence-electron chi connectivity index (χ0n) is 13.8. The van der Waals surface area contributed by atoms with Crippen molar-refractivity contribution in [2.45, 2.75) is 65.8 Å². The first-order valence-corrected chi connectivity index (χ1v) is 8.13. The van der Waals surface area contributed by atoms with Crippen molar-refractivity contribution in [3.8, 4) is 0 Å². The minimum absolute atomic E-state index is 0.108. The lowest BCUT2D eigenvalue weighted by atomic mass is 9.96. The number of hydrogen-bond acceptors (Lipinski definition) is 3. The first-order chi connectivity index (χ1) is 9.05. The van der Waals surface area contributed by atoms with Gasteiger partial charge >= 0.3 is 0 Å². The van der Waals surface area contributed by atoms with Gasteiger partial charge in [0.15, 0.2) is 0 Å². The third kappa shape index (κ3) is 7.91. The highest BCUT2D eigenvalue weighted by molar-refractivity contribution is 4.82. The van der Waals surface area contributed by atoms with Gasteiger partial charge in [-0.3, -0.25) is 0 Å². The van der Waals surface area contributed by atoms with Gasteiger partial charge in [-0.15, -0.1) is 0 Å². The van der Waals surface area contributed by atoms with Crippen LogP contribution in [0.3, 0.4) is 0 Å². The second-order valence-electron chi connectivity index (χ2n) is 5.93. The van der Waals surface area contributed by atoms with Crippen LogP contribution in [0, 0.1) is 5.92 Å². The molecule has 0 amide bonds. The fraction of sp³-hybridized carbons (Fsp3) is 1.00. The van der Waals surface area contributed by atoms with Crippen molar-refractivity contribution in [2.24, 2.45) is 5.92 Å². The van der Waals surface area contributed by atoms with E-state index in [9.17, 15) is 5.11 Å². The molecule has 0 saturated carbocycles. The Bertz CT molecular complexity index is 207. The molecule has 0 aromatic carbocycles. The summed E-state index contributed by atoms with van der Waals surface area (Å²) in [6, 6.07) is 0. The molecule has 0 spiro atoms. The van der Waals surface area contributed by atoms with Crippen LogP contribution in [0.4, 0.5) is 0 Å². The molecule has 0 aromatic rings. The monoisotopic (exact) mass is 272 g/mol. The van der Waals surface area contributed by atoms with Crippen molar-refractivity contribution < 1.29 is 5.11 Å². The number of nitrogens with zero attached hydrogens (tertiary/aromatic N) is 1. The van der Waals surface area contributed by atoms with E-state index in [1.54, 1.807) is 0 Å². The molecular weight excluding hydrogens is 236 g/mol. The number of hydrogen-bond donors (Lipinski definition) is 2. The van der Waals surface area contributed by atoms with Gasteiger partial charge in [0.05, 0.1) is 6.61 Å². The van der Waals surface area contributed by atoms with Crippen LogP contribution < -0.4 is 5.32 Å². The Balaban J connectivity index is 4.06. The highest BCUT2D eigenvalue weighted by Crippen LogP contribution is 2.14. The number of rotatable bonds is 12. The minimum atomic E-state index is -0.108. The van der Waals surface area contributed by atoms with Crippen molar-refractivity contribution in [2.75, 3.05) is 32.8 Å². The van der Waals surface area contributed by atoms with E-state index in [2.05, 4.69) is 44.8 Å². The van der Waals surface area contributed by atoms with E-state index in [1.807, 2.05) is 0 Å². The Morgan fingerprint density at radius 2 is 1.79 bits per heavy atom. The topological polar surface area (TPSA) is 35.5 Å². The third-order valence-corrected chi connectivity index (χ3v) is 4.27. The molecule has 3 heteroatoms. The molecule has 0 heterocycles. The van der Waals surface area contributed by atoms with Crippen molar-refractivity contribution in [3.05, 3.63) is 0 Å². The Morgan fingerprint density at radius 3 is 2.21 bits per heavy atom. The lowest BCUT2D eigenvalue weighted by Crippen LogP contribution is -2.46. The molecule has 2 N–H and O–H groups in total. The molecule has 116 valence electrons. The average molecular weight is 272 g/mol. The standard InChI is InChI=1S/C16H36N2O/c1-6-15(7-2)13-18(9-4)12-10-11-16(5,14-19)17-8-3/h15,17,19H,6-14H2,1-5H3. The molecule has 19 heavy (non-hydrogen) atoms. The molecule has 0 bridgehead atoms. The number of aliphatic hydroxyl groups is 1. The van der Waals surface area contributed by atoms with Crippen LogP contribution in [0.5, 0.6) is 0 Å². The van der Waals surface area contributed by atoms with Crippen LogP contribution in [-0.2, 0) is 0 Å². The minimum Gasteiger partial charge on any atom is -0.394 e. The molecule has 1 atom stereocenters. The van der Waals surface area contributed by atoms with E-state index in [1.165, 1.54) is 19.4 Å². The molecular formula is C16H36N2O. The van der Waals surface area contributed by atoms with E-state index in [-0.39, 0.29) is 12.1 Å². The van der Waals surface area contributed by atoms with Gasteiger partial charge in [-0.2, -0.15) is 0 Å². The number of nitrogens with one attached hydrogen (secondary N) is 1. The van der Waals surface area contributed by atoms with E-state index < -0.39 is 0 Å². The first kappa shape index (κ1) is 18.9. The zero-order valence-corrected chi connectivity index (χ0v) is 13.8. The molecule has 0 aliphatic rings. The van der Waals surface area contributed by atoms with Crippen LogP contribution in [0.15, 0.2) is 0 Å². The lowest BCUT2D eigenvalue weighted by Gasteiger charge is -2.30. The summed E-state index contributed by atoms with van der Waals surface area (Å²) in [6.07, 6.45) is 4.74. The van der Waals surface area contributed by atoms with Crippen molar-refractivity contribution in [1.82, 2.24) is 10.2 Å². The predicted octanol–water partition coefficient (Wildman–Crippen LogP) is 2.89. The normalized spacial score (nSPS) is 15.2. The molecule has 0 aromatic heterocycles. The molecule has 1 unspecified atom stereocenters. The largest absolute Gasteiger partial charge is 0.394 e. The number of likely N-dealkylation sites (N-methyl/N-ethyl adjacent to an activating group) is 1. The van der Waals surface area contributed by atoms with Crippen LogP contribution in [0.1, 0.15) is 60.3 Å².